The SMILES string of the molecule is CNc1sc(C)c(C)c1C(=O)N(C)Cc1ccc(C(=O)Nc2ccccc2N)cc1. The number of carbonyl (C=O) groups excluding carboxylic acids is 2. The molecular weight excluding hydrogens is 396 g/mol. The first-order valence-corrected chi connectivity index (χ1v) is 10.4. The van der Waals surface area contributed by atoms with Gasteiger partial charge in [0.25, 0.3) is 11.8 Å². The number of hydrogen-bond acceptors (Lipinski definition) is 5. The van der Waals surface area contributed by atoms with Crippen molar-refractivity contribution in [1.29, 1.82) is 0 Å². The molecule has 1 aromatic heterocycles. The van der Waals surface area contributed by atoms with Gasteiger partial charge in [-0.2, -0.15) is 0 Å². The monoisotopic (exact) mass is 422 g/mol. The molecule has 30 heavy (non-hydrogen) atoms. The number of nitrogens with one attached hydrogen (secondary N) is 2. The lowest BCUT2D eigenvalue weighted by atomic mass is 10.1. The maximum absolute atomic E-state index is 13.0. The smallest absolute Gasteiger partial charge is 0.257 e. The van der Waals surface area contributed by atoms with E-state index in [1.807, 2.05) is 45.2 Å². The highest BCUT2D eigenvalue weighted by Gasteiger charge is 2.22. The third-order valence-electron chi connectivity index (χ3n) is 5.02. The van der Waals surface area contributed by atoms with Crippen LogP contribution < -0.4 is 16.4 Å². The second kappa shape index (κ2) is 9.00. The van der Waals surface area contributed by atoms with Crippen LogP contribution in [-0.4, -0.2) is 30.8 Å². The van der Waals surface area contributed by atoms with Gasteiger partial charge in [0.2, 0.25) is 0 Å². The number of aryl methyl sites for hydroxylation is 1. The molecule has 156 valence electrons. The van der Waals surface area contributed by atoms with Gasteiger partial charge in [0.05, 0.1) is 16.9 Å². The molecule has 0 bridgehead atoms. The van der Waals surface area contributed by atoms with Crippen LogP contribution in [0.15, 0.2) is 48.5 Å². The molecule has 0 aliphatic rings. The highest BCUT2D eigenvalue weighted by Crippen LogP contribution is 2.33. The zero-order chi connectivity index (χ0) is 21.8. The lowest BCUT2D eigenvalue weighted by molar-refractivity contribution is 0.0785. The number of nitrogen functional groups attached to an aromatic ring is 1. The predicted octanol–water partition coefficient (Wildman–Crippen LogP) is 4.51. The topological polar surface area (TPSA) is 87.5 Å². The average molecular weight is 423 g/mol. The lowest BCUT2D eigenvalue weighted by Crippen LogP contribution is -2.27. The lowest BCUT2D eigenvalue weighted by Gasteiger charge is -2.18. The number of benzene rings is 2. The summed E-state index contributed by atoms with van der Waals surface area (Å²) in [6, 6.07) is 14.4. The fourth-order valence-corrected chi connectivity index (χ4v) is 4.17. The van der Waals surface area contributed by atoms with Crippen LogP contribution in [0, 0.1) is 13.8 Å². The Morgan fingerprint density at radius 1 is 1.07 bits per heavy atom. The zero-order valence-corrected chi connectivity index (χ0v) is 18.4. The van der Waals surface area contributed by atoms with Crippen molar-refractivity contribution in [2.24, 2.45) is 0 Å². The van der Waals surface area contributed by atoms with Crippen molar-refractivity contribution in [1.82, 2.24) is 4.90 Å². The molecule has 0 unspecified atom stereocenters. The second-order valence-corrected chi connectivity index (χ2v) is 8.36. The van der Waals surface area contributed by atoms with E-state index in [1.54, 1.807) is 47.5 Å². The minimum Gasteiger partial charge on any atom is -0.397 e. The predicted molar refractivity (Wildman–Crippen MR) is 124 cm³/mol. The van der Waals surface area contributed by atoms with Crippen molar-refractivity contribution in [2.75, 3.05) is 30.5 Å². The Balaban J connectivity index is 1.69. The molecule has 1 heterocycles. The number of nitrogens with two attached hydrogens (primary N) is 1. The van der Waals surface area contributed by atoms with Gasteiger partial charge >= 0.3 is 0 Å². The van der Waals surface area contributed by atoms with E-state index in [9.17, 15) is 9.59 Å². The second-order valence-electron chi connectivity index (χ2n) is 7.14. The summed E-state index contributed by atoms with van der Waals surface area (Å²) in [5.74, 6) is -0.255. The van der Waals surface area contributed by atoms with Crippen LogP contribution in [0.1, 0.15) is 36.7 Å². The Morgan fingerprint density at radius 3 is 2.37 bits per heavy atom. The summed E-state index contributed by atoms with van der Waals surface area (Å²) >= 11 is 1.59. The summed E-state index contributed by atoms with van der Waals surface area (Å²) < 4.78 is 0. The fourth-order valence-electron chi connectivity index (χ4n) is 3.16. The van der Waals surface area contributed by atoms with Crippen LogP contribution >= 0.6 is 11.3 Å². The highest BCUT2D eigenvalue weighted by molar-refractivity contribution is 7.16. The summed E-state index contributed by atoms with van der Waals surface area (Å²) in [4.78, 5) is 28.3. The van der Waals surface area contributed by atoms with Gasteiger partial charge in [-0.05, 0) is 49.2 Å². The van der Waals surface area contributed by atoms with Gasteiger partial charge in [0.15, 0.2) is 0 Å². The summed E-state index contributed by atoms with van der Waals surface area (Å²) in [5.41, 5.74) is 10.2. The molecule has 0 saturated carbocycles. The van der Waals surface area contributed by atoms with Crippen molar-refractivity contribution in [3.05, 3.63) is 75.7 Å². The van der Waals surface area contributed by atoms with Gasteiger partial charge < -0.3 is 21.3 Å². The molecule has 0 spiro atoms. The molecule has 6 nitrogen and oxygen atoms in total. The first kappa shape index (κ1) is 21.4. The number of rotatable bonds is 6. The highest BCUT2D eigenvalue weighted by atomic mass is 32.1. The molecule has 2 aromatic carbocycles. The number of thiophene rings is 1. The van der Waals surface area contributed by atoms with Gasteiger partial charge in [-0.3, -0.25) is 9.59 Å². The Bertz CT molecular complexity index is 1070. The molecule has 0 saturated heterocycles. The summed E-state index contributed by atoms with van der Waals surface area (Å²) in [7, 11) is 3.61. The maximum atomic E-state index is 13.0. The third-order valence-corrected chi connectivity index (χ3v) is 6.24. The van der Waals surface area contributed by atoms with E-state index in [-0.39, 0.29) is 11.8 Å². The van der Waals surface area contributed by atoms with E-state index >= 15 is 0 Å². The van der Waals surface area contributed by atoms with Crippen LogP contribution in [-0.2, 0) is 6.54 Å². The molecule has 2 amide bonds. The Morgan fingerprint density at radius 2 is 1.73 bits per heavy atom. The van der Waals surface area contributed by atoms with E-state index in [1.165, 1.54) is 0 Å². The van der Waals surface area contributed by atoms with E-state index in [2.05, 4.69) is 10.6 Å². The quantitative estimate of drug-likeness (QED) is 0.510. The molecular formula is C23H26N4O2S. The minimum atomic E-state index is -0.230. The van der Waals surface area contributed by atoms with Crippen LogP contribution in [0.4, 0.5) is 16.4 Å². The summed E-state index contributed by atoms with van der Waals surface area (Å²) in [6.45, 7) is 4.44. The molecule has 0 atom stereocenters. The van der Waals surface area contributed by atoms with Crippen LogP contribution in [0.2, 0.25) is 0 Å². The van der Waals surface area contributed by atoms with Gasteiger partial charge in [-0.15, -0.1) is 11.3 Å². The number of nitrogens with zero attached hydrogens (tertiary/aromatic N) is 1. The van der Waals surface area contributed by atoms with Crippen molar-refractivity contribution in [3.8, 4) is 0 Å². The molecule has 4 N–H and O–H groups in total. The first-order valence-electron chi connectivity index (χ1n) is 9.59. The number of carbonyl (C=O) groups is 2. The van der Waals surface area contributed by atoms with Gasteiger partial charge in [-0.1, -0.05) is 24.3 Å². The van der Waals surface area contributed by atoms with Crippen LogP contribution in [0.25, 0.3) is 0 Å². The van der Waals surface area contributed by atoms with Crippen molar-refractivity contribution in [2.45, 2.75) is 20.4 Å². The molecule has 0 radical (unpaired) electrons. The van der Waals surface area contributed by atoms with E-state index in [0.717, 1.165) is 26.6 Å². The van der Waals surface area contributed by atoms with Crippen LogP contribution in [0.5, 0.6) is 0 Å². The molecule has 0 aliphatic heterocycles. The Hall–Kier alpha value is -3.32. The molecule has 7 heteroatoms. The summed E-state index contributed by atoms with van der Waals surface area (Å²) in [5, 5.41) is 6.82. The van der Waals surface area contributed by atoms with Gasteiger partial charge in [-0.25, -0.2) is 0 Å². The van der Waals surface area contributed by atoms with E-state index in [4.69, 9.17) is 5.73 Å². The minimum absolute atomic E-state index is 0.0254. The van der Waals surface area contributed by atoms with Crippen molar-refractivity contribution < 1.29 is 9.59 Å². The third kappa shape index (κ3) is 4.46. The molecule has 0 aliphatic carbocycles. The molecule has 0 fully saturated rings. The number of para-hydroxylation sites is 2. The fraction of sp³-hybridized carbons (Fsp3) is 0.217. The number of hydrogen-bond donors (Lipinski definition) is 3. The van der Waals surface area contributed by atoms with Crippen molar-refractivity contribution >= 4 is 39.5 Å². The first-order chi connectivity index (χ1) is 14.3. The van der Waals surface area contributed by atoms with E-state index in [0.29, 0.717) is 23.5 Å². The number of anilines is 3. The number of amides is 2. The molecule has 3 rings (SSSR count). The largest absolute Gasteiger partial charge is 0.397 e. The standard InChI is InChI=1S/C23H26N4O2S/c1-14-15(2)30-22(25-3)20(14)23(29)27(4)13-16-9-11-17(12-10-16)21(28)26-19-8-6-5-7-18(19)24/h5-12,25H,13,24H2,1-4H3,(H,26,28). The van der Waals surface area contributed by atoms with E-state index < -0.39 is 0 Å². The van der Waals surface area contributed by atoms with Gasteiger partial charge in [0, 0.05) is 31.1 Å². The Kier molecular flexibility index (Phi) is 6.42. The Labute approximate surface area is 180 Å². The normalized spacial score (nSPS) is 10.5. The van der Waals surface area contributed by atoms with Crippen molar-refractivity contribution in [3.63, 3.8) is 0 Å². The molecule has 3 aromatic rings. The average Bonchev–Trinajstić information content (AvgIpc) is 3.03. The zero-order valence-electron chi connectivity index (χ0n) is 17.6. The van der Waals surface area contributed by atoms with Gasteiger partial charge in [0.1, 0.15) is 5.00 Å². The summed E-state index contributed by atoms with van der Waals surface area (Å²) in [6.07, 6.45) is 0. The van der Waals surface area contributed by atoms with Crippen LogP contribution in [0.3, 0.4) is 0 Å². The maximum Gasteiger partial charge on any atom is 0.257 e.